The molecule has 2 aromatic carbocycles. The molecule has 0 saturated carbocycles. The first-order chi connectivity index (χ1) is 15.6. The van der Waals surface area contributed by atoms with Crippen LogP contribution in [0, 0.1) is 0 Å². The Kier molecular flexibility index (Phi) is 4.01. The van der Waals surface area contributed by atoms with E-state index in [-0.39, 0.29) is 23.3 Å². The second kappa shape index (κ2) is 6.91. The number of para-hydroxylation sites is 2. The summed E-state index contributed by atoms with van der Waals surface area (Å²) < 4.78 is 12.2. The number of H-pyrrole nitrogens is 1. The number of fused-ring (bicyclic) bond motifs is 4. The molecule has 3 aromatic heterocycles. The van der Waals surface area contributed by atoms with Crippen LogP contribution in [0.2, 0.25) is 0 Å². The number of ether oxygens (including phenoxy) is 1. The quantitative estimate of drug-likeness (QED) is 0.471. The normalized spacial score (nSPS) is 15.9. The van der Waals surface area contributed by atoms with Gasteiger partial charge in [0, 0.05) is 18.2 Å². The van der Waals surface area contributed by atoms with Gasteiger partial charge in [-0.15, -0.1) is 0 Å². The van der Waals surface area contributed by atoms with Gasteiger partial charge in [-0.1, -0.05) is 24.3 Å². The summed E-state index contributed by atoms with van der Waals surface area (Å²) in [5.41, 5.74) is 3.55. The molecule has 0 fully saturated rings. The van der Waals surface area contributed by atoms with Gasteiger partial charge in [0.25, 0.3) is 5.56 Å². The minimum atomic E-state index is -0.334. The molecule has 8 heteroatoms. The molecule has 1 aliphatic carbocycles. The van der Waals surface area contributed by atoms with E-state index in [1.165, 1.54) is 4.68 Å². The van der Waals surface area contributed by atoms with Crippen LogP contribution >= 0.6 is 0 Å². The van der Waals surface area contributed by atoms with Crippen molar-refractivity contribution in [3.05, 3.63) is 81.8 Å². The fourth-order valence-corrected chi connectivity index (χ4v) is 4.44. The summed E-state index contributed by atoms with van der Waals surface area (Å²) in [6, 6.07) is 15.1. The van der Waals surface area contributed by atoms with Crippen molar-refractivity contribution in [1.29, 1.82) is 0 Å². The van der Waals surface area contributed by atoms with Gasteiger partial charge in [0.15, 0.2) is 17.0 Å². The predicted molar refractivity (Wildman–Crippen MR) is 118 cm³/mol. The van der Waals surface area contributed by atoms with E-state index in [1.54, 1.807) is 19.4 Å². The van der Waals surface area contributed by atoms with Gasteiger partial charge in [-0.2, -0.15) is 9.67 Å². The Balaban J connectivity index is 1.48. The zero-order valence-corrected chi connectivity index (χ0v) is 17.2. The molecule has 6 rings (SSSR count). The average Bonchev–Trinajstić information content (AvgIpc) is 3.40. The minimum Gasteiger partial charge on any atom is -0.497 e. The molecule has 0 spiro atoms. The Labute approximate surface area is 181 Å². The summed E-state index contributed by atoms with van der Waals surface area (Å²) in [4.78, 5) is 35.0. The SMILES string of the molecule is COc1ccc([C@H]2CC(=O)c3cnc4[nH]n(-c5nc6ccccc6o5)c(=O)c4c3C2)cc1. The summed E-state index contributed by atoms with van der Waals surface area (Å²) in [6.45, 7) is 0. The van der Waals surface area contributed by atoms with E-state index in [0.717, 1.165) is 11.3 Å². The number of rotatable bonds is 3. The Morgan fingerprint density at radius 1 is 1.09 bits per heavy atom. The van der Waals surface area contributed by atoms with Crippen LogP contribution < -0.4 is 10.3 Å². The monoisotopic (exact) mass is 426 g/mol. The number of nitrogens with one attached hydrogen (secondary N) is 1. The van der Waals surface area contributed by atoms with Crippen LogP contribution in [-0.2, 0) is 6.42 Å². The second-order valence-corrected chi connectivity index (χ2v) is 7.89. The van der Waals surface area contributed by atoms with Crippen molar-refractivity contribution in [2.75, 3.05) is 7.11 Å². The number of oxazole rings is 1. The Morgan fingerprint density at radius 2 is 1.91 bits per heavy atom. The maximum atomic E-state index is 13.4. The third-order valence-corrected chi connectivity index (χ3v) is 6.06. The molecule has 8 nitrogen and oxygen atoms in total. The van der Waals surface area contributed by atoms with E-state index in [9.17, 15) is 9.59 Å². The lowest BCUT2D eigenvalue weighted by atomic mass is 9.79. The van der Waals surface area contributed by atoms with Gasteiger partial charge in [-0.3, -0.25) is 14.7 Å². The molecule has 1 N–H and O–H groups in total. The number of nitrogens with zero attached hydrogens (tertiary/aromatic N) is 3. The van der Waals surface area contributed by atoms with Crippen molar-refractivity contribution in [2.24, 2.45) is 0 Å². The van der Waals surface area contributed by atoms with Gasteiger partial charge >= 0.3 is 6.01 Å². The molecular weight excluding hydrogens is 408 g/mol. The number of methoxy groups -OCH3 is 1. The van der Waals surface area contributed by atoms with Gasteiger partial charge in [0.2, 0.25) is 0 Å². The lowest BCUT2D eigenvalue weighted by Gasteiger charge is -2.24. The van der Waals surface area contributed by atoms with Crippen LogP contribution in [0.3, 0.4) is 0 Å². The van der Waals surface area contributed by atoms with Crippen molar-refractivity contribution in [2.45, 2.75) is 18.8 Å². The molecule has 32 heavy (non-hydrogen) atoms. The molecule has 0 bridgehead atoms. The van der Waals surface area contributed by atoms with Crippen molar-refractivity contribution >= 4 is 27.9 Å². The minimum absolute atomic E-state index is 0.0181. The van der Waals surface area contributed by atoms with Gasteiger partial charge in [-0.05, 0) is 47.7 Å². The van der Waals surface area contributed by atoms with E-state index in [4.69, 9.17) is 9.15 Å². The molecule has 158 valence electrons. The fraction of sp³-hybridized carbons (Fsp3) is 0.167. The first-order valence-electron chi connectivity index (χ1n) is 10.3. The number of benzene rings is 2. The number of aromatic amines is 1. The third-order valence-electron chi connectivity index (χ3n) is 6.06. The van der Waals surface area contributed by atoms with E-state index in [2.05, 4.69) is 15.1 Å². The smallest absolute Gasteiger partial charge is 0.325 e. The summed E-state index contributed by atoms with van der Waals surface area (Å²) in [7, 11) is 1.62. The van der Waals surface area contributed by atoms with E-state index >= 15 is 0 Å². The first-order valence-corrected chi connectivity index (χ1v) is 10.3. The maximum Gasteiger partial charge on any atom is 0.325 e. The number of ketones is 1. The number of carbonyl (C=O) groups excluding carboxylic acids is 1. The molecule has 0 aliphatic heterocycles. The highest BCUT2D eigenvalue weighted by Gasteiger charge is 2.30. The van der Waals surface area contributed by atoms with Crippen LogP contribution in [0.5, 0.6) is 5.75 Å². The molecule has 0 unspecified atom stereocenters. The molecule has 0 amide bonds. The van der Waals surface area contributed by atoms with Crippen molar-refractivity contribution < 1.29 is 13.9 Å². The van der Waals surface area contributed by atoms with Crippen LogP contribution in [0.25, 0.3) is 28.1 Å². The molecule has 0 saturated heterocycles. The third kappa shape index (κ3) is 2.76. The first kappa shape index (κ1) is 18.6. The van der Waals surface area contributed by atoms with Crippen LogP contribution in [-0.4, -0.2) is 32.6 Å². The summed E-state index contributed by atoms with van der Waals surface area (Å²) in [5.74, 6) is 0.712. The second-order valence-electron chi connectivity index (χ2n) is 7.89. The number of pyridine rings is 1. The fourth-order valence-electron chi connectivity index (χ4n) is 4.44. The van der Waals surface area contributed by atoms with E-state index < -0.39 is 0 Å². The summed E-state index contributed by atoms with van der Waals surface area (Å²) >= 11 is 0. The molecule has 1 atom stereocenters. The zero-order chi connectivity index (χ0) is 21.8. The lowest BCUT2D eigenvalue weighted by molar-refractivity contribution is 0.0964. The van der Waals surface area contributed by atoms with Crippen molar-refractivity contribution in [1.82, 2.24) is 19.7 Å². The standard InChI is InChI=1S/C24H18N4O4/c1-31-15-8-6-13(7-9-15)14-10-16-17(19(29)11-14)12-25-22-21(16)23(30)28(27-22)24-26-18-4-2-3-5-20(18)32-24/h2-9,12,14H,10-11H2,1H3,(H,25,27)/t14-/m1/s1. The van der Waals surface area contributed by atoms with Crippen molar-refractivity contribution in [3.8, 4) is 11.8 Å². The average molecular weight is 426 g/mol. The molecule has 5 aromatic rings. The molecule has 1 aliphatic rings. The van der Waals surface area contributed by atoms with Gasteiger partial charge in [0.1, 0.15) is 11.3 Å². The highest BCUT2D eigenvalue weighted by Crippen LogP contribution is 2.35. The Morgan fingerprint density at radius 3 is 2.69 bits per heavy atom. The topological polar surface area (TPSA) is 103 Å². The number of carbonyl (C=O) groups is 1. The Hall–Kier alpha value is -4.20. The molecule has 3 heterocycles. The molecule has 0 radical (unpaired) electrons. The molecular formula is C24H18N4O4. The number of Topliss-reactive ketones (excluding diaryl/α,β-unsaturated/α-hetero) is 1. The lowest BCUT2D eigenvalue weighted by Crippen LogP contribution is -2.22. The van der Waals surface area contributed by atoms with E-state index in [1.807, 2.05) is 42.5 Å². The van der Waals surface area contributed by atoms with Crippen LogP contribution in [0.15, 0.2) is 63.9 Å². The van der Waals surface area contributed by atoms with Gasteiger partial charge < -0.3 is 9.15 Å². The number of aromatic nitrogens is 4. The largest absolute Gasteiger partial charge is 0.497 e. The van der Waals surface area contributed by atoms with Crippen LogP contribution in [0.1, 0.15) is 33.8 Å². The van der Waals surface area contributed by atoms with Gasteiger partial charge in [0.05, 0.1) is 12.5 Å². The highest BCUT2D eigenvalue weighted by molar-refractivity contribution is 6.02. The van der Waals surface area contributed by atoms with Crippen molar-refractivity contribution in [3.63, 3.8) is 0 Å². The van der Waals surface area contributed by atoms with Gasteiger partial charge in [-0.25, -0.2) is 4.98 Å². The number of hydrogen-bond donors (Lipinski definition) is 1. The number of hydrogen-bond acceptors (Lipinski definition) is 6. The summed E-state index contributed by atoms with van der Waals surface area (Å²) in [5, 5.41) is 3.38. The Bertz CT molecular complexity index is 1530. The maximum absolute atomic E-state index is 13.4. The van der Waals surface area contributed by atoms with E-state index in [0.29, 0.717) is 46.1 Å². The predicted octanol–water partition coefficient (Wildman–Crippen LogP) is 3.78. The van der Waals surface area contributed by atoms with Crippen LogP contribution in [0.4, 0.5) is 0 Å². The summed E-state index contributed by atoms with van der Waals surface area (Å²) in [6.07, 6.45) is 2.49. The highest BCUT2D eigenvalue weighted by atomic mass is 16.5. The zero-order valence-electron chi connectivity index (χ0n) is 17.2.